The minimum Gasteiger partial charge on any atom is -0.458 e. The average molecular weight is 553 g/mol. The molecule has 0 saturated carbocycles. The van der Waals surface area contributed by atoms with Crippen LogP contribution in [-0.4, -0.2) is 28.0 Å². The van der Waals surface area contributed by atoms with Crippen molar-refractivity contribution in [2.75, 3.05) is 0 Å². The quantitative estimate of drug-likeness (QED) is 0.269. The van der Waals surface area contributed by atoms with Crippen molar-refractivity contribution in [1.29, 1.82) is 0 Å². The highest BCUT2D eigenvalue weighted by atomic mass is 32.2. The summed E-state index contributed by atoms with van der Waals surface area (Å²) in [5.74, 6) is 3.03. The molecule has 4 aliphatic heterocycles. The number of hydrogen-bond donors (Lipinski definition) is 0. The molecule has 0 atom stereocenters. The summed E-state index contributed by atoms with van der Waals surface area (Å²) < 4.78 is 15.3. The molecular formula is C34H17B2N3O2S. The Morgan fingerprint density at radius 3 is 2.31 bits per heavy atom. The summed E-state index contributed by atoms with van der Waals surface area (Å²) in [4.78, 5) is 12.0. The van der Waals surface area contributed by atoms with E-state index < -0.39 is 0 Å². The first kappa shape index (κ1) is 21.8. The van der Waals surface area contributed by atoms with E-state index in [0.29, 0.717) is 5.88 Å². The van der Waals surface area contributed by atoms with Crippen LogP contribution in [0.2, 0.25) is 0 Å². The van der Waals surface area contributed by atoms with Crippen LogP contribution in [0.1, 0.15) is 0 Å². The molecule has 7 aromatic rings. The molecule has 0 aliphatic carbocycles. The fraction of sp³-hybridized carbons (Fsp3) is 0. The number of nitrogens with zero attached hydrogens (tertiary/aromatic N) is 3. The summed E-state index contributed by atoms with van der Waals surface area (Å²) in [5, 5.41) is 3.45. The van der Waals surface area contributed by atoms with Gasteiger partial charge in [0.1, 0.15) is 22.3 Å². The van der Waals surface area contributed by atoms with Crippen LogP contribution in [0.3, 0.4) is 0 Å². The highest BCUT2D eigenvalue weighted by molar-refractivity contribution is 8.00. The van der Waals surface area contributed by atoms with E-state index in [1.54, 1.807) is 11.8 Å². The van der Waals surface area contributed by atoms with Crippen LogP contribution in [0.25, 0.3) is 27.5 Å². The second-order valence-corrected chi connectivity index (χ2v) is 12.3. The fourth-order valence-corrected chi connectivity index (χ4v) is 8.68. The van der Waals surface area contributed by atoms with Crippen LogP contribution in [0.4, 0.5) is 0 Å². The maximum atomic E-state index is 6.48. The monoisotopic (exact) mass is 553 g/mol. The topological polar surface area (TPSA) is 49.2 Å². The molecule has 5 aromatic carbocycles. The molecule has 6 heterocycles. The van der Waals surface area contributed by atoms with E-state index in [2.05, 4.69) is 77.4 Å². The minimum absolute atomic E-state index is 0.0301. The Balaban J connectivity index is 1.23. The van der Waals surface area contributed by atoms with E-state index in [1.165, 1.54) is 43.3 Å². The third-order valence-electron chi connectivity index (χ3n) is 9.22. The van der Waals surface area contributed by atoms with Gasteiger partial charge < -0.3 is 14.0 Å². The van der Waals surface area contributed by atoms with Crippen molar-refractivity contribution < 1.29 is 9.47 Å². The second-order valence-electron chi connectivity index (χ2n) is 11.3. The first-order valence-corrected chi connectivity index (χ1v) is 15.0. The highest BCUT2D eigenvalue weighted by Gasteiger charge is 2.46. The number of rotatable bonds is 0. The molecule has 0 fully saturated rings. The van der Waals surface area contributed by atoms with E-state index in [9.17, 15) is 0 Å². The van der Waals surface area contributed by atoms with Crippen molar-refractivity contribution in [2.45, 2.75) is 9.92 Å². The number of fused-ring (bicyclic) bond motifs is 11. The predicted molar refractivity (Wildman–Crippen MR) is 169 cm³/mol. The van der Waals surface area contributed by atoms with Gasteiger partial charge in [-0.3, -0.25) is 4.98 Å². The van der Waals surface area contributed by atoms with Gasteiger partial charge in [-0.25, -0.2) is 4.98 Å². The Morgan fingerprint density at radius 1 is 0.595 bits per heavy atom. The third kappa shape index (κ3) is 2.52. The lowest BCUT2D eigenvalue weighted by Gasteiger charge is -2.35. The standard InChI is InChI=1S/C34H17B2N3O2S/c1-3-12-22-18(8-1)19-9-5-11-21-30(19)39(22)23-13-6-17-27-28(23)36(21)32-34(42-27)38-33-31(37-32)35-20-10-2-4-14-24(20)40-25-15-7-16-26(41-33)29(25)35/h1-17H. The van der Waals surface area contributed by atoms with Gasteiger partial charge in [-0.1, -0.05) is 78.5 Å². The fourth-order valence-electron chi connectivity index (χ4n) is 7.60. The summed E-state index contributed by atoms with van der Waals surface area (Å²) in [7, 11) is 0. The number of para-hydroxylation sites is 3. The molecule has 0 radical (unpaired) electrons. The summed E-state index contributed by atoms with van der Waals surface area (Å²) in [6.07, 6.45) is 0. The Morgan fingerprint density at radius 2 is 1.33 bits per heavy atom. The van der Waals surface area contributed by atoms with Gasteiger partial charge in [0.2, 0.25) is 5.88 Å². The third-order valence-corrected chi connectivity index (χ3v) is 10.3. The average Bonchev–Trinajstić information content (AvgIpc) is 3.37. The van der Waals surface area contributed by atoms with Gasteiger partial charge in [0.05, 0.1) is 11.1 Å². The molecule has 0 saturated heterocycles. The van der Waals surface area contributed by atoms with Crippen molar-refractivity contribution in [3.8, 4) is 28.8 Å². The lowest BCUT2D eigenvalue weighted by atomic mass is 9.35. The smallest absolute Gasteiger partial charge is 0.286 e. The largest absolute Gasteiger partial charge is 0.458 e. The summed E-state index contributed by atoms with van der Waals surface area (Å²) in [5.41, 5.74) is 10.2. The normalized spacial score (nSPS) is 14.4. The van der Waals surface area contributed by atoms with Crippen LogP contribution in [0.15, 0.2) is 113 Å². The van der Waals surface area contributed by atoms with Gasteiger partial charge in [0.25, 0.3) is 13.4 Å². The molecule has 0 spiro atoms. The van der Waals surface area contributed by atoms with Gasteiger partial charge in [-0.15, -0.1) is 0 Å². The number of ether oxygens (including phenoxy) is 2. The minimum atomic E-state index is -0.116. The summed E-state index contributed by atoms with van der Waals surface area (Å²) in [6.45, 7) is -0.146. The maximum Gasteiger partial charge on any atom is 0.286 e. The zero-order chi connectivity index (χ0) is 27.1. The number of aromatic nitrogens is 3. The zero-order valence-electron chi connectivity index (χ0n) is 22.0. The van der Waals surface area contributed by atoms with Gasteiger partial charge in [-0.05, 0) is 52.8 Å². The Hall–Kier alpha value is -4.94. The van der Waals surface area contributed by atoms with E-state index >= 15 is 0 Å². The van der Waals surface area contributed by atoms with Gasteiger partial charge in [-0.2, -0.15) is 0 Å². The van der Waals surface area contributed by atoms with E-state index in [0.717, 1.165) is 44.4 Å². The van der Waals surface area contributed by atoms with Crippen molar-refractivity contribution >= 4 is 80.0 Å². The Labute approximate surface area is 245 Å². The second kappa shape index (κ2) is 7.46. The number of hydrogen-bond acceptors (Lipinski definition) is 5. The van der Waals surface area contributed by atoms with Gasteiger partial charge in [0.15, 0.2) is 0 Å². The first-order valence-electron chi connectivity index (χ1n) is 14.2. The summed E-state index contributed by atoms with van der Waals surface area (Å²) >= 11 is 1.70. The SMILES string of the molecule is c1ccc2c(c1)Oc1cccc3c1B2c1nc2c(nc1O3)Sc1cccc3c1B2c1cccc2c4ccccc4n-3c12. The molecule has 0 bridgehead atoms. The van der Waals surface area contributed by atoms with Crippen molar-refractivity contribution in [3.63, 3.8) is 0 Å². The lowest BCUT2D eigenvalue weighted by molar-refractivity contribution is 0.448. The highest BCUT2D eigenvalue weighted by Crippen LogP contribution is 2.39. The Kier molecular flexibility index (Phi) is 3.87. The van der Waals surface area contributed by atoms with Crippen molar-refractivity contribution in [3.05, 3.63) is 103 Å². The molecule has 42 heavy (non-hydrogen) atoms. The molecular weight excluding hydrogens is 536 g/mol. The van der Waals surface area contributed by atoms with Crippen LogP contribution >= 0.6 is 11.8 Å². The lowest BCUT2D eigenvalue weighted by Crippen LogP contribution is -2.64. The van der Waals surface area contributed by atoms with E-state index in [1.807, 2.05) is 30.3 Å². The molecule has 8 heteroatoms. The van der Waals surface area contributed by atoms with Crippen molar-refractivity contribution in [2.24, 2.45) is 0 Å². The molecule has 4 aliphatic rings. The molecule has 5 nitrogen and oxygen atoms in total. The van der Waals surface area contributed by atoms with Gasteiger partial charge >= 0.3 is 0 Å². The molecule has 192 valence electrons. The Bertz CT molecular complexity index is 2390. The molecule has 2 aromatic heterocycles. The molecule has 0 N–H and O–H groups in total. The van der Waals surface area contributed by atoms with E-state index in [4.69, 9.17) is 19.4 Å². The molecule has 0 amide bonds. The summed E-state index contributed by atoms with van der Waals surface area (Å²) in [6, 6.07) is 36.3. The van der Waals surface area contributed by atoms with Crippen LogP contribution in [0, 0.1) is 0 Å². The van der Waals surface area contributed by atoms with Crippen molar-refractivity contribution in [1.82, 2.24) is 14.5 Å². The predicted octanol–water partition coefficient (Wildman–Crippen LogP) is 3.60. The van der Waals surface area contributed by atoms with Crippen LogP contribution < -0.4 is 42.5 Å². The van der Waals surface area contributed by atoms with Gasteiger partial charge in [0, 0.05) is 37.9 Å². The number of benzene rings is 5. The van der Waals surface area contributed by atoms with Crippen LogP contribution in [-0.2, 0) is 0 Å². The van der Waals surface area contributed by atoms with E-state index in [-0.39, 0.29) is 13.4 Å². The molecule has 11 rings (SSSR count). The first-order chi connectivity index (χ1) is 20.8. The molecule has 0 unspecified atom stereocenters. The van der Waals surface area contributed by atoms with Crippen LogP contribution in [0.5, 0.6) is 23.1 Å². The maximum absolute atomic E-state index is 6.48. The zero-order valence-corrected chi connectivity index (χ0v) is 22.9.